The van der Waals surface area contributed by atoms with Crippen LogP contribution >= 0.6 is 0 Å². The lowest BCUT2D eigenvalue weighted by molar-refractivity contribution is 0.0671. The van der Waals surface area contributed by atoms with Gasteiger partial charge in [0.25, 0.3) is 5.91 Å². The van der Waals surface area contributed by atoms with Gasteiger partial charge in [0.15, 0.2) is 0 Å². The Morgan fingerprint density at radius 1 is 1.21 bits per heavy atom. The zero-order chi connectivity index (χ0) is 28.2. The molecule has 1 saturated heterocycles. The van der Waals surface area contributed by atoms with Crippen molar-refractivity contribution >= 4 is 26.8 Å². The predicted octanol–water partition coefficient (Wildman–Crippen LogP) is 3.68. The van der Waals surface area contributed by atoms with Gasteiger partial charge in [0.1, 0.15) is 5.82 Å². The number of amides is 1. The summed E-state index contributed by atoms with van der Waals surface area (Å²) < 4.78 is 49.2. The first-order chi connectivity index (χ1) is 18.6. The number of hydrogen-bond donors (Lipinski definition) is 2. The van der Waals surface area contributed by atoms with E-state index in [-0.39, 0.29) is 29.7 Å². The molecular formula is C29H39FN4O4S. The summed E-state index contributed by atoms with van der Waals surface area (Å²) in [5, 5.41) is 4.39. The lowest BCUT2D eigenvalue weighted by Crippen LogP contribution is -2.47. The van der Waals surface area contributed by atoms with Crippen LogP contribution in [0.5, 0.6) is 0 Å². The highest BCUT2D eigenvalue weighted by Gasteiger charge is 2.34. The largest absolute Gasteiger partial charge is 0.385 e. The molecule has 0 spiro atoms. The van der Waals surface area contributed by atoms with Crippen molar-refractivity contribution < 1.29 is 22.3 Å². The van der Waals surface area contributed by atoms with Crippen molar-refractivity contribution in [1.82, 2.24) is 19.5 Å². The summed E-state index contributed by atoms with van der Waals surface area (Å²) in [6.45, 7) is 8.99. The number of rotatable bonds is 12. The van der Waals surface area contributed by atoms with Crippen LogP contribution in [-0.4, -0.2) is 69.2 Å². The minimum absolute atomic E-state index is 0.0690. The fourth-order valence-corrected chi connectivity index (χ4v) is 6.71. The highest BCUT2D eigenvalue weighted by molar-refractivity contribution is 7.88. The Balaban J connectivity index is 1.49. The van der Waals surface area contributed by atoms with Gasteiger partial charge in [0.2, 0.25) is 10.0 Å². The summed E-state index contributed by atoms with van der Waals surface area (Å²) in [6.07, 6.45) is 2.99. The van der Waals surface area contributed by atoms with E-state index in [2.05, 4.69) is 27.7 Å². The Morgan fingerprint density at radius 3 is 2.64 bits per heavy atom. The monoisotopic (exact) mass is 558 g/mol. The molecule has 39 heavy (non-hydrogen) atoms. The number of fused-ring (bicyclic) bond motifs is 1. The average molecular weight is 559 g/mol. The van der Waals surface area contributed by atoms with Gasteiger partial charge in [-0.2, -0.15) is 0 Å². The molecule has 212 valence electrons. The first kappa shape index (κ1) is 29.2. The van der Waals surface area contributed by atoms with Crippen molar-refractivity contribution in [1.29, 1.82) is 0 Å². The van der Waals surface area contributed by atoms with Crippen molar-refractivity contribution in [2.75, 3.05) is 33.4 Å². The Bertz CT molecular complexity index is 1390. The minimum Gasteiger partial charge on any atom is -0.385 e. The molecule has 2 heterocycles. The number of methoxy groups -OCH3 is 1. The lowest BCUT2D eigenvalue weighted by atomic mass is 10.0. The number of hydrogen-bond acceptors (Lipinski definition) is 5. The van der Waals surface area contributed by atoms with E-state index < -0.39 is 15.8 Å². The number of benzene rings is 2. The molecule has 1 amide bonds. The van der Waals surface area contributed by atoms with Crippen LogP contribution in [-0.2, 0) is 27.1 Å². The van der Waals surface area contributed by atoms with Crippen molar-refractivity contribution in [2.24, 2.45) is 5.92 Å². The van der Waals surface area contributed by atoms with Crippen LogP contribution in [0.2, 0.25) is 0 Å². The molecule has 1 aliphatic heterocycles. The summed E-state index contributed by atoms with van der Waals surface area (Å²) in [5.41, 5.74) is 3.31. The van der Waals surface area contributed by atoms with Gasteiger partial charge in [-0.1, -0.05) is 18.2 Å². The number of aryl methyl sites for hydroxylation is 2. The molecular weight excluding hydrogens is 519 g/mol. The zero-order valence-corrected chi connectivity index (χ0v) is 23.9. The van der Waals surface area contributed by atoms with Crippen LogP contribution < -0.4 is 10.0 Å². The number of sulfonamides is 1. The van der Waals surface area contributed by atoms with Gasteiger partial charge in [-0.3, -0.25) is 4.79 Å². The molecule has 2 aromatic carbocycles. The number of carbonyl (C=O) groups excluding carboxylic acids is 1. The van der Waals surface area contributed by atoms with Crippen LogP contribution in [0.15, 0.2) is 48.7 Å². The van der Waals surface area contributed by atoms with Gasteiger partial charge in [-0.05, 0) is 62.6 Å². The number of ether oxygens (including phenoxy) is 1. The smallest absolute Gasteiger partial charge is 0.254 e. The summed E-state index contributed by atoms with van der Waals surface area (Å²) in [6, 6.07) is 10.9. The second-order valence-corrected chi connectivity index (χ2v) is 12.4. The molecule has 0 saturated carbocycles. The normalized spacial score (nSPS) is 17.8. The lowest BCUT2D eigenvalue weighted by Gasteiger charge is -2.31. The third kappa shape index (κ3) is 7.25. The molecule has 1 fully saturated rings. The van der Waals surface area contributed by atoms with E-state index in [1.807, 2.05) is 36.9 Å². The standard InChI is InChI=1S/C29H39FN4O4S/c1-20(2)34(29(35)23-8-11-26-21(3)17-33(28(26)14-23)12-5-13-38-4)18-24-15-31-16-27(24)32-39(36,37)19-22-6-9-25(30)10-7-22/h6-11,14,17,20,24,27,31-32H,5,12-13,15-16,18-19H2,1-4H3/t24-,27+/m0/s1. The summed E-state index contributed by atoms with van der Waals surface area (Å²) >= 11 is 0. The quantitative estimate of drug-likeness (QED) is 0.331. The van der Waals surface area contributed by atoms with Crippen LogP contribution in [0.4, 0.5) is 4.39 Å². The molecule has 2 atom stereocenters. The molecule has 3 aromatic rings. The molecule has 8 nitrogen and oxygen atoms in total. The van der Waals surface area contributed by atoms with Gasteiger partial charge < -0.3 is 19.5 Å². The number of halogens is 1. The molecule has 0 radical (unpaired) electrons. The topological polar surface area (TPSA) is 92.7 Å². The Hall–Kier alpha value is -2.79. The Morgan fingerprint density at radius 2 is 1.95 bits per heavy atom. The molecule has 0 unspecified atom stereocenters. The van der Waals surface area contributed by atoms with Crippen LogP contribution in [0, 0.1) is 18.7 Å². The molecule has 1 aliphatic rings. The van der Waals surface area contributed by atoms with Gasteiger partial charge in [-0.25, -0.2) is 17.5 Å². The van der Waals surface area contributed by atoms with E-state index in [9.17, 15) is 17.6 Å². The number of nitrogens with zero attached hydrogens (tertiary/aromatic N) is 2. The van der Waals surface area contributed by atoms with Gasteiger partial charge >= 0.3 is 0 Å². The molecule has 4 rings (SSSR count). The molecule has 0 bridgehead atoms. The number of nitrogens with one attached hydrogen (secondary N) is 2. The second-order valence-electron chi connectivity index (χ2n) is 10.7. The predicted molar refractivity (Wildman–Crippen MR) is 152 cm³/mol. The van der Waals surface area contributed by atoms with E-state index >= 15 is 0 Å². The molecule has 2 N–H and O–H groups in total. The van der Waals surface area contributed by atoms with Gasteiger partial charge in [0, 0.05) is 80.6 Å². The fourth-order valence-electron chi connectivity index (χ4n) is 5.25. The molecule has 0 aliphatic carbocycles. The maximum atomic E-state index is 13.8. The van der Waals surface area contributed by atoms with Crippen LogP contribution in [0.1, 0.15) is 41.8 Å². The Kier molecular flexibility index (Phi) is 9.43. The maximum absolute atomic E-state index is 13.8. The van der Waals surface area contributed by atoms with Crippen molar-refractivity contribution in [3.8, 4) is 0 Å². The van der Waals surface area contributed by atoms with Crippen LogP contribution in [0.3, 0.4) is 0 Å². The fraction of sp³-hybridized carbons (Fsp3) is 0.483. The first-order valence-corrected chi connectivity index (χ1v) is 15.1. The van der Waals surface area contributed by atoms with Crippen LogP contribution in [0.25, 0.3) is 10.9 Å². The highest BCUT2D eigenvalue weighted by Crippen LogP contribution is 2.25. The van der Waals surface area contributed by atoms with E-state index in [0.717, 1.165) is 29.4 Å². The van der Waals surface area contributed by atoms with Crippen molar-refractivity contribution in [3.63, 3.8) is 0 Å². The Labute approximate surface area is 230 Å². The van der Waals surface area contributed by atoms with Crippen molar-refractivity contribution in [3.05, 3.63) is 71.2 Å². The average Bonchev–Trinajstić information content (AvgIpc) is 3.45. The first-order valence-electron chi connectivity index (χ1n) is 13.4. The number of carbonyl (C=O) groups is 1. The van der Waals surface area contributed by atoms with E-state index in [1.165, 1.54) is 24.3 Å². The minimum atomic E-state index is -3.66. The third-order valence-corrected chi connectivity index (χ3v) is 8.71. The SMILES string of the molecule is COCCCn1cc(C)c2ccc(C(=O)N(C[C@@H]3CNC[C@H]3NS(=O)(=O)Cc3ccc(F)cc3)C(C)C)cc21. The summed E-state index contributed by atoms with van der Waals surface area (Å²) in [4.78, 5) is 15.6. The zero-order valence-electron chi connectivity index (χ0n) is 23.1. The van der Waals surface area contributed by atoms with Crippen molar-refractivity contribution in [2.45, 2.75) is 51.6 Å². The third-order valence-electron chi connectivity index (χ3n) is 7.33. The second kappa shape index (κ2) is 12.6. The summed E-state index contributed by atoms with van der Waals surface area (Å²) in [5.74, 6) is -0.805. The van der Waals surface area contributed by atoms with E-state index in [0.29, 0.717) is 37.4 Å². The van der Waals surface area contributed by atoms with E-state index in [1.54, 1.807) is 7.11 Å². The number of aromatic nitrogens is 1. The van der Waals surface area contributed by atoms with E-state index in [4.69, 9.17) is 4.74 Å². The summed E-state index contributed by atoms with van der Waals surface area (Å²) in [7, 11) is -1.96. The molecule has 10 heteroatoms. The maximum Gasteiger partial charge on any atom is 0.254 e. The van der Waals surface area contributed by atoms with Gasteiger partial charge in [-0.15, -0.1) is 0 Å². The van der Waals surface area contributed by atoms with Gasteiger partial charge in [0.05, 0.1) is 5.75 Å². The molecule has 1 aromatic heterocycles. The highest BCUT2D eigenvalue weighted by atomic mass is 32.2.